The monoisotopic (exact) mass is 997 g/mol. The summed E-state index contributed by atoms with van der Waals surface area (Å²) in [5.74, 6) is -0.937. The molecule has 6 heteroatoms. The molecule has 0 saturated carbocycles. The topological polar surface area (TPSA) is 78.9 Å². The number of ether oxygens (including phenoxy) is 3. The number of carbonyl (C=O) groups is 3. The molecular weight excluding hydrogens is 889 g/mol. The molecule has 0 aromatic heterocycles. The van der Waals surface area contributed by atoms with E-state index >= 15 is 0 Å². The summed E-state index contributed by atoms with van der Waals surface area (Å²) in [6.45, 7) is 6.37. The van der Waals surface area contributed by atoms with E-state index in [2.05, 4.69) is 142 Å². The normalized spacial score (nSPS) is 13.0. The van der Waals surface area contributed by atoms with Gasteiger partial charge in [0, 0.05) is 19.3 Å². The van der Waals surface area contributed by atoms with Crippen LogP contribution in [-0.2, 0) is 28.6 Å². The molecule has 0 aliphatic heterocycles. The Morgan fingerprint density at radius 2 is 0.542 bits per heavy atom. The quantitative estimate of drug-likeness (QED) is 0.0261. The summed E-state index contributed by atoms with van der Waals surface area (Å²) in [5.41, 5.74) is 0. The summed E-state index contributed by atoms with van der Waals surface area (Å²) >= 11 is 0. The molecule has 1 atom stereocenters. The number of hydrogen-bond donors (Lipinski definition) is 0. The molecule has 0 aromatic rings. The van der Waals surface area contributed by atoms with E-state index in [1.807, 2.05) is 0 Å². The lowest BCUT2D eigenvalue weighted by molar-refractivity contribution is -0.167. The Balaban J connectivity index is 4.41. The molecule has 72 heavy (non-hydrogen) atoms. The lowest BCUT2D eigenvalue weighted by Crippen LogP contribution is -2.30. The summed E-state index contributed by atoms with van der Waals surface area (Å²) < 4.78 is 16.8. The summed E-state index contributed by atoms with van der Waals surface area (Å²) in [6, 6.07) is 0. The molecular formula is C66H108O6. The highest BCUT2D eigenvalue weighted by atomic mass is 16.6. The molecule has 0 saturated heterocycles. The van der Waals surface area contributed by atoms with E-state index in [9.17, 15) is 14.4 Å². The largest absolute Gasteiger partial charge is 0.462 e. The van der Waals surface area contributed by atoms with Crippen molar-refractivity contribution in [3.63, 3.8) is 0 Å². The van der Waals surface area contributed by atoms with Gasteiger partial charge in [0.05, 0.1) is 0 Å². The van der Waals surface area contributed by atoms with Gasteiger partial charge >= 0.3 is 17.9 Å². The summed E-state index contributed by atoms with van der Waals surface area (Å²) in [4.78, 5) is 38.2. The summed E-state index contributed by atoms with van der Waals surface area (Å²) in [6.07, 6.45) is 81.9. The van der Waals surface area contributed by atoms with E-state index in [1.165, 1.54) is 57.8 Å². The van der Waals surface area contributed by atoms with E-state index in [0.717, 1.165) is 161 Å². The van der Waals surface area contributed by atoms with Gasteiger partial charge in [-0.05, 0) is 128 Å². The smallest absolute Gasteiger partial charge is 0.306 e. The van der Waals surface area contributed by atoms with Gasteiger partial charge in [-0.2, -0.15) is 0 Å². The predicted octanol–water partition coefficient (Wildman–Crippen LogP) is 20.0. The van der Waals surface area contributed by atoms with Gasteiger partial charge in [-0.3, -0.25) is 14.4 Å². The first-order chi connectivity index (χ1) is 35.5. The van der Waals surface area contributed by atoms with Crippen LogP contribution in [-0.4, -0.2) is 37.2 Å². The van der Waals surface area contributed by atoms with Crippen molar-refractivity contribution in [3.8, 4) is 0 Å². The van der Waals surface area contributed by atoms with Gasteiger partial charge in [-0.1, -0.05) is 232 Å². The molecule has 0 heterocycles. The van der Waals surface area contributed by atoms with Gasteiger partial charge in [0.1, 0.15) is 13.2 Å². The molecule has 0 aliphatic carbocycles. The fraction of sp³-hybridized carbons (Fsp3) is 0.652. The number of allylic oxidation sites excluding steroid dienone is 20. The first-order valence-electron chi connectivity index (χ1n) is 29.5. The van der Waals surface area contributed by atoms with E-state index < -0.39 is 6.10 Å². The maximum Gasteiger partial charge on any atom is 0.306 e. The van der Waals surface area contributed by atoms with Crippen LogP contribution in [0.4, 0.5) is 0 Å². The standard InChI is InChI=1S/C66H108O6/c1-4-7-10-13-16-19-22-25-28-29-30-31-32-33-34-35-36-37-39-41-44-47-50-53-56-59-65(68)71-62-63(61-70-64(67)58-55-52-49-46-43-40-27-24-21-18-15-12-9-6-3)72-66(69)60-57-54-51-48-45-42-38-26-23-20-17-14-11-8-5-2/h7-8,10-11,16-17,19-20,24-28,30-31,33-34,36-38,63H,4-6,9,12-15,18,21-23,29,32,35,39-62H2,1-3H3/b10-7-,11-8-,19-16-,20-17-,27-24-,28-25-,31-30-,34-33-,37-36-,38-26-. The van der Waals surface area contributed by atoms with E-state index in [0.29, 0.717) is 19.3 Å². The number of hydrogen-bond acceptors (Lipinski definition) is 6. The molecule has 0 aliphatic rings. The third kappa shape index (κ3) is 56.7. The Labute approximate surface area is 443 Å². The zero-order valence-electron chi connectivity index (χ0n) is 46.7. The van der Waals surface area contributed by atoms with Crippen molar-refractivity contribution in [2.45, 2.75) is 264 Å². The predicted molar refractivity (Wildman–Crippen MR) is 311 cm³/mol. The van der Waals surface area contributed by atoms with Crippen molar-refractivity contribution >= 4 is 17.9 Å². The molecule has 0 spiro atoms. The Kier molecular flexibility index (Phi) is 55.9. The van der Waals surface area contributed by atoms with Gasteiger partial charge in [-0.15, -0.1) is 0 Å². The molecule has 0 rings (SSSR count). The minimum Gasteiger partial charge on any atom is -0.462 e. The molecule has 0 N–H and O–H groups in total. The third-order valence-electron chi connectivity index (χ3n) is 12.2. The van der Waals surface area contributed by atoms with Crippen molar-refractivity contribution < 1.29 is 28.6 Å². The van der Waals surface area contributed by atoms with E-state index in [4.69, 9.17) is 14.2 Å². The van der Waals surface area contributed by atoms with E-state index in [1.54, 1.807) is 0 Å². The van der Waals surface area contributed by atoms with Gasteiger partial charge < -0.3 is 14.2 Å². The second kappa shape index (κ2) is 59.4. The Morgan fingerprint density at radius 1 is 0.292 bits per heavy atom. The van der Waals surface area contributed by atoms with E-state index in [-0.39, 0.29) is 31.1 Å². The van der Waals surface area contributed by atoms with Gasteiger partial charge in [0.2, 0.25) is 0 Å². The van der Waals surface area contributed by atoms with Gasteiger partial charge in [0.25, 0.3) is 0 Å². The average Bonchev–Trinajstić information content (AvgIpc) is 3.38. The number of carbonyl (C=O) groups excluding carboxylic acids is 3. The molecule has 0 bridgehead atoms. The van der Waals surface area contributed by atoms with Gasteiger partial charge in [0.15, 0.2) is 6.10 Å². The molecule has 408 valence electrons. The second-order valence-electron chi connectivity index (χ2n) is 19.1. The van der Waals surface area contributed by atoms with Crippen molar-refractivity contribution in [2.75, 3.05) is 13.2 Å². The number of rotatable bonds is 52. The van der Waals surface area contributed by atoms with Crippen molar-refractivity contribution in [3.05, 3.63) is 122 Å². The van der Waals surface area contributed by atoms with Crippen LogP contribution in [0.2, 0.25) is 0 Å². The molecule has 6 nitrogen and oxygen atoms in total. The zero-order chi connectivity index (χ0) is 52.2. The fourth-order valence-electron chi connectivity index (χ4n) is 7.81. The highest BCUT2D eigenvalue weighted by molar-refractivity contribution is 5.71. The maximum absolute atomic E-state index is 12.9. The van der Waals surface area contributed by atoms with Crippen molar-refractivity contribution in [1.29, 1.82) is 0 Å². The Morgan fingerprint density at radius 3 is 0.861 bits per heavy atom. The first-order valence-corrected chi connectivity index (χ1v) is 29.5. The van der Waals surface area contributed by atoms with Crippen LogP contribution < -0.4 is 0 Å². The minimum absolute atomic E-state index is 0.0967. The molecule has 0 radical (unpaired) electrons. The molecule has 0 fully saturated rings. The summed E-state index contributed by atoms with van der Waals surface area (Å²) in [5, 5.41) is 0. The van der Waals surface area contributed by atoms with Crippen LogP contribution in [0.3, 0.4) is 0 Å². The maximum atomic E-state index is 12.9. The Bertz CT molecular complexity index is 1520. The second-order valence-corrected chi connectivity index (χ2v) is 19.1. The SMILES string of the molecule is CC/C=C\C/C=C\C/C=C\C/C=C\C/C=C\C/C=C\CCCCCCCCC(=O)OCC(COC(=O)CCCCCCC/C=C\CCCCCCC)OC(=O)CCCCCCC/C=C\C/C=C\C/C=C\CC. The highest BCUT2D eigenvalue weighted by Gasteiger charge is 2.19. The fourth-order valence-corrected chi connectivity index (χ4v) is 7.81. The number of esters is 3. The lowest BCUT2D eigenvalue weighted by Gasteiger charge is -2.18. The molecule has 0 aromatic carbocycles. The van der Waals surface area contributed by atoms with Crippen LogP contribution in [0.15, 0.2) is 122 Å². The van der Waals surface area contributed by atoms with Crippen molar-refractivity contribution in [2.24, 2.45) is 0 Å². The van der Waals surface area contributed by atoms with Crippen LogP contribution in [0, 0.1) is 0 Å². The summed E-state index contributed by atoms with van der Waals surface area (Å²) in [7, 11) is 0. The minimum atomic E-state index is -0.801. The van der Waals surface area contributed by atoms with Crippen LogP contribution >= 0.6 is 0 Å². The lowest BCUT2D eigenvalue weighted by atomic mass is 10.1. The average molecular weight is 998 g/mol. The molecule has 1 unspecified atom stereocenters. The third-order valence-corrected chi connectivity index (χ3v) is 12.2. The Hall–Kier alpha value is -4.19. The van der Waals surface area contributed by atoms with Crippen molar-refractivity contribution in [1.82, 2.24) is 0 Å². The highest BCUT2D eigenvalue weighted by Crippen LogP contribution is 2.14. The van der Waals surface area contributed by atoms with Gasteiger partial charge in [-0.25, -0.2) is 0 Å². The van der Waals surface area contributed by atoms with Crippen LogP contribution in [0.1, 0.15) is 258 Å². The first kappa shape index (κ1) is 67.8. The van der Waals surface area contributed by atoms with Crippen LogP contribution in [0.5, 0.6) is 0 Å². The van der Waals surface area contributed by atoms with Crippen LogP contribution in [0.25, 0.3) is 0 Å². The number of unbranched alkanes of at least 4 members (excludes halogenated alkanes) is 21. The molecule has 0 amide bonds. The zero-order valence-corrected chi connectivity index (χ0v) is 46.7.